The van der Waals surface area contributed by atoms with Crippen LogP contribution in [-0.2, 0) is 19.4 Å². The number of ketones is 1. The molecule has 0 spiro atoms. The van der Waals surface area contributed by atoms with Gasteiger partial charge in [-0.15, -0.1) is 11.8 Å². The van der Waals surface area contributed by atoms with Crippen molar-refractivity contribution in [3.8, 4) is 0 Å². The second-order valence-electron chi connectivity index (χ2n) is 3.81. The smallest absolute Gasteiger partial charge is 0.379 e. The number of hydrogen-bond acceptors (Lipinski definition) is 6. The highest BCUT2D eigenvalue weighted by Gasteiger charge is 2.24. The number of esters is 1. The minimum Gasteiger partial charge on any atom is -0.460 e. The normalized spacial score (nSPS) is 11.2. The Morgan fingerprint density at radius 3 is 2.40 bits per heavy atom. The first-order chi connectivity index (χ1) is 9.22. The third-order valence-corrected chi connectivity index (χ3v) is 4.41. The van der Waals surface area contributed by atoms with Crippen LogP contribution in [0.3, 0.4) is 0 Å². The molecule has 0 saturated heterocycles. The fourth-order valence-electron chi connectivity index (χ4n) is 1.49. The minimum atomic E-state index is -3.73. The predicted octanol–water partition coefficient (Wildman–Crippen LogP) is 1.70. The second kappa shape index (κ2) is 6.36. The molecule has 1 rings (SSSR count). The van der Waals surface area contributed by atoms with Crippen molar-refractivity contribution in [2.45, 2.75) is 16.7 Å². The fraction of sp³-hybridized carbons (Fsp3) is 0.333. The molecule has 0 aliphatic heterocycles. The van der Waals surface area contributed by atoms with Crippen LogP contribution in [0, 0.1) is 5.82 Å². The van der Waals surface area contributed by atoms with Gasteiger partial charge in [0.25, 0.3) is 5.78 Å². The monoisotopic (exact) mass is 320 g/mol. The summed E-state index contributed by atoms with van der Waals surface area (Å²) in [5.74, 6) is -3.10. The van der Waals surface area contributed by atoms with Crippen LogP contribution in [0.5, 0.6) is 0 Å². The lowest BCUT2D eigenvalue weighted by Crippen LogP contribution is -2.18. The SMILES string of the molecule is CCOC(=O)C(=O)c1cc(F)c(SC)c(S(C)(=O)=O)c1. The van der Waals surface area contributed by atoms with Crippen molar-refractivity contribution in [1.29, 1.82) is 0 Å². The summed E-state index contributed by atoms with van der Waals surface area (Å²) in [6.07, 6.45) is 2.42. The van der Waals surface area contributed by atoms with Crippen molar-refractivity contribution in [2.75, 3.05) is 19.1 Å². The average molecular weight is 320 g/mol. The summed E-state index contributed by atoms with van der Waals surface area (Å²) in [6.45, 7) is 1.51. The van der Waals surface area contributed by atoms with Gasteiger partial charge >= 0.3 is 5.97 Å². The summed E-state index contributed by atoms with van der Waals surface area (Å²) in [5, 5.41) is 0. The standard InChI is InChI=1S/C12H13FO5S2/c1-4-18-12(15)10(14)7-5-8(13)11(19-2)9(6-7)20(3,16)17/h5-6H,4H2,1-3H3. The van der Waals surface area contributed by atoms with Crippen LogP contribution in [0.1, 0.15) is 17.3 Å². The molecule has 1 aromatic rings. The molecule has 0 N–H and O–H groups in total. The van der Waals surface area contributed by atoms with Crippen molar-refractivity contribution >= 4 is 33.4 Å². The fourth-order valence-corrected chi connectivity index (χ4v) is 3.48. The lowest BCUT2D eigenvalue weighted by molar-refractivity contribution is -0.137. The molecular weight excluding hydrogens is 307 g/mol. The summed E-state index contributed by atoms with van der Waals surface area (Å²) >= 11 is 0.906. The summed E-state index contributed by atoms with van der Waals surface area (Å²) in [4.78, 5) is 22.6. The van der Waals surface area contributed by atoms with Crippen molar-refractivity contribution in [2.24, 2.45) is 0 Å². The van der Waals surface area contributed by atoms with Crippen LogP contribution in [-0.4, -0.2) is 39.3 Å². The Labute approximate surface area is 120 Å². The van der Waals surface area contributed by atoms with Crippen LogP contribution in [0.4, 0.5) is 4.39 Å². The first kappa shape index (κ1) is 16.6. The predicted molar refractivity (Wildman–Crippen MR) is 72.3 cm³/mol. The van der Waals surface area contributed by atoms with E-state index in [0.717, 1.165) is 30.2 Å². The lowest BCUT2D eigenvalue weighted by atomic mass is 10.1. The second-order valence-corrected chi connectivity index (χ2v) is 6.61. The maximum Gasteiger partial charge on any atom is 0.379 e. The van der Waals surface area contributed by atoms with Gasteiger partial charge in [-0.25, -0.2) is 17.6 Å². The van der Waals surface area contributed by atoms with Gasteiger partial charge in [0.2, 0.25) is 0 Å². The Bertz CT molecular complexity index is 652. The number of halogens is 1. The molecule has 0 unspecified atom stereocenters. The topological polar surface area (TPSA) is 77.5 Å². The number of thioether (sulfide) groups is 1. The van der Waals surface area contributed by atoms with E-state index in [2.05, 4.69) is 4.74 Å². The van der Waals surface area contributed by atoms with Gasteiger partial charge in [0, 0.05) is 11.8 Å². The van der Waals surface area contributed by atoms with Crippen LogP contribution in [0.2, 0.25) is 0 Å². The molecule has 0 amide bonds. The number of carbonyl (C=O) groups is 2. The third-order valence-electron chi connectivity index (χ3n) is 2.34. The van der Waals surface area contributed by atoms with Crippen LogP contribution < -0.4 is 0 Å². The first-order valence-corrected chi connectivity index (χ1v) is 8.63. The van der Waals surface area contributed by atoms with Gasteiger partial charge in [0.15, 0.2) is 9.84 Å². The number of carbonyl (C=O) groups excluding carboxylic acids is 2. The maximum atomic E-state index is 13.9. The molecule has 0 aliphatic rings. The van der Waals surface area contributed by atoms with Crippen molar-refractivity contribution < 1.29 is 27.1 Å². The van der Waals surface area contributed by atoms with E-state index in [-0.39, 0.29) is 22.0 Å². The average Bonchev–Trinajstić information content (AvgIpc) is 2.36. The molecule has 5 nitrogen and oxygen atoms in total. The van der Waals surface area contributed by atoms with E-state index in [0.29, 0.717) is 0 Å². The molecule has 20 heavy (non-hydrogen) atoms. The molecule has 0 aromatic heterocycles. The summed E-state index contributed by atoms with van der Waals surface area (Å²) in [6, 6.07) is 1.82. The largest absolute Gasteiger partial charge is 0.460 e. The Hall–Kier alpha value is -1.41. The molecule has 0 atom stereocenters. The quantitative estimate of drug-likeness (QED) is 0.356. The third kappa shape index (κ3) is 3.57. The number of rotatable bonds is 5. The molecule has 0 bridgehead atoms. The van der Waals surface area contributed by atoms with E-state index in [1.807, 2.05) is 0 Å². The van der Waals surface area contributed by atoms with Gasteiger partial charge in [-0.3, -0.25) is 4.79 Å². The van der Waals surface area contributed by atoms with Gasteiger partial charge < -0.3 is 4.74 Å². The zero-order chi connectivity index (χ0) is 15.5. The van der Waals surface area contributed by atoms with Crippen molar-refractivity contribution in [3.05, 3.63) is 23.5 Å². The number of hydrogen-bond donors (Lipinski definition) is 0. The summed E-state index contributed by atoms with van der Waals surface area (Å²) in [5.41, 5.74) is -0.348. The Balaban J connectivity index is 3.43. The van der Waals surface area contributed by atoms with Gasteiger partial charge in [0.1, 0.15) is 5.82 Å². The highest BCUT2D eigenvalue weighted by Crippen LogP contribution is 2.29. The van der Waals surface area contributed by atoms with Gasteiger partial charge in [-0.1, -0.05) is 0 Å². The van der Waals surface area contributed by atoms with Crippen LogP contribution >= 0.6 is 11.8 Å². The highest BCUT2D eigenvalue weighted by molar-refractivity contribution is 7.99. The Morgan fingerprint density at radius 1 is 1.35 bits per heavy atom. The van der Waals surface area contributed by atoms with Crippen LogP contribution in [0.15, 0.2) is 21.9 Å². The maximum absolute atomic E-state index is 13.9. The molecular formula is C12H13FO5S2. The zero-order valence-electron chi connectivity index (χ0n) is 11.1. The Morgan fingerprint density at radius 2 is 1.95 bits per heavy atom. The lowest BCUT2D eigenvalue weighted by Gasteiger charge is -2.09. The zero-order valence-corrected chi connectivity index (χ0v) is 12.7. The van der Waals surface area contributed by atoms with E-state index >= 15 is 0 Å². The molecule has 8 heteroatoms. The van der Waals surface area contributed by atoms with Crippen molar-refractivity contribution in [3.63, 3.8) is 0 Å². The molecule has 0 radical (unpaired) electrons. The molecule has 0 heterocycles. The summed E-state index contributed by atoms with van der Waals surface area (Å²) < 4.78 is 41.6. The van der Waals surface area contributed by atoms with Gasteiger partial charge in [-0.05, 0) is 25.3 Å². The number of ether oxygens (including phenoxy) is 1. The van der Waals surface area contributed by atoms with E-state index < -0.39 is 27.4 Å². The Kier molecular flexibility index (Phi) is 5.29. The van der Waals surface area contributed by atoms with E-state index in [4.69, 9.17) is 0 Å². The van der Waals surface area contributed by atoms with Crippen LogP contribution in [0.25, 0.3) is 0 Å². The number of sulfone groups is 1. The molecule has 0 aliphatic carbocycles. The minimum absolute atomic E-state index is 0.00507. The number of Topliss-reactive ketones (excluding diaryl/α,β-unsaturated/α-hetero) is 1. The molecule has 0 fully saturated rings. The molecule has 1 aromatic carbocycles. The molecule has 0 saturated carbocycles. The van der Waals surface area contributed by atoms with Gasteiger partial charge in [0.05, 0.1) is 16.4 Å². The highest BCUT2D eigenvalue weighted by atomic mass is 32.2. The van der Waals surface area contributed by atoms with Gasteiger partial charge in [-0.2, -0.15) is 0 Å². The van der Waals surface area contributed by atoms with Crippen molar-refractivity contribution in [1.82, 2.24) is 0 Å². The van der Waals surface area contributed by atoms with E-state index in [1.165, 1.54) is 13.2 Å². The van der Waals surface area contributed by atoms with E-state index in [9.17, 15) is 22.4 Å². The summed E-state index contributed by atoms with van der Waals surface area (Å²) in [7, 11) is -3.73. The molecule has 110 valence electrons. The first-order valence-electron chi connectivity index (χ1n) is 5.51. The van der Waals surface area contributed by atoms with E-state index in [1.54, 1.807) is 0 Å². The number of benzene rings is 1.